The second kappa shape index (κ2) is 7.28. The van der Waals surface area contributed by atoms with E-state index in [0.29, 0.717) is 0 Å². The molecule has 6 heteroatoms. The summed E-state index contributed by atoms with van der Waals surface area (Å²) in [5.41, 5.74) is 0. The van der Waals surface area contributed by atoms with Crippen molar-refractivity contribution in [2.45, 2.75) is 0 Å². The smallest absolute Gasteiger partial charge is 0.543 e. The molecule has 0 heterocycles. The fourth-order valence-electron chi connectivity index (χ4n) is 0. The molecule has 0 saturated carbocycles. The van der Waals surface area contributed by atoms with Crippen molar-refractivity contribution in [1.29, 1.82) is 0 Å². The maximum atomic E-state index is 8.93. The van der Waals surface area contributed by atoms with Gasteiger partial charge in [0.1, 0.15) is 0 Å². The third-order valence-electron chi connectivity index (χ3n) is 0.167. The Hall–Kier alpha value is 0.277. The third kappa shape index (κ3) is 9.56. The minimum absolute atomic E-state index is 0. The summed E-state index contributed by atoms with van der Waals surface area (Å²) < 4.78 is 0. The molecule has 0 unspecified atom stereocenters. The molecule has 0 rings (SSSR count). The minimum atomic E-state index is -2.19. The summed E-state index contributed by atoms with van der Waals surface area (Å²) in [5.74, 6) is -4.37. The number of hydrogen-bond donors (Lipinski definition) is 0. The molecule has 0 bridgehead atoms. The Labute approximate surface area is 78.4 Å². The molecule has 43 valence electrons. The first kappa shape index (κ1) is 15.7. The Morgan fingerprint density at radius 2 is 1.12 bits per heavy atom. The van der Waals surface area contributed by atoms with Crippen molar-refractivity contribution in [1.82, 2.24) is 0 Å². The van der Waals surface area contributed by atoms with Gasteiger partial charge in [-0.2, -0.15) is 0 Å². The van der Waals surface area contributed by atoms with E-state index >= 15 is 0 Å². The van der Waals surface area contributed by atoms with Crippen LogP contribution in [0.2, 0.25) is 0 Å². The minimum Gasteiger partial charge on any atom is -0.543 e. The van der Waals surface area contributed by atoms with Crippen LogP contribution in [0, 0.1) is 41.7 Å². The Bertz CT molecular complexity index is 76.4. The van der Waals surface area contributed by atoms with Crippen LogP contribution in [0.5, 0.6) is 0 Å². The number of hydrogen-bond acceptors (Lipinski definition) is 4. The van der Waals surface area contributed by atoms with E-state index in [9.17, 15) is 0 Å². The van der Waals surface area contributed by atoms with Crippen molar-refractivity contribution in [2.75, 3.05) is 0 Å². The SMILES string of the molecule is O.O=C([O-])C(=O)[O-].[Ce+3]. The summed E-state index contributed by atoms with van der Waals surface area (Å²) >= 11 is 0. The Morgan fingerprint density at radius 1 is 1.00 bits per heavy atom. The summed E-state index contributed by atoms with van der Waals surface area (Å²) in [6.45, 7) is 0. The maximum Gasteiger partial charge on any atom is 3.00 e. The van der Waals surface area contributed by atoms with Gasteiger partial charge in [-0.25, -0.2) is 0 Å². The molecule has 0 fully saturated rings. The molecule has 0 amide bonds. The van der Waals surface area contributed by atoms with Gasteiger partial charge in [-0.15, -0.1) is 0 Å². The summed E-state index contributed by atoms with van der Waals surface area (Å²) in [6.07, 6.45) is 0. The van der Waals surface area contributed by atoms with Gasteiger partial charge in [0, 0.05) is 0 Å². The molecule has 0 aliphatic rings. The molecule has 1 radical (unpaired) electrons. The predicted octanol–water partition coefficient (Wildman–Crippen LogP) is -4.34. The Kier molecular flexibility index (Phi) is 14.3. The van der Waals surface area contributed by atoms with Gasteiger partial charge in [0.2, 0.25) is 0 Å². The summed E-state index contributed by atoms with van der Waals surface area (Å²) in [7, 11) is 0. The van der Waals surface area contributed by atoms with Crippen molar-refractivity contribution >= 4 is 11.9 Å². The van der Waals surface area contributed by atoms with Crippen LogP contribution in [0.4, 0.5) is 0 Å². The quantitative estimate of drug-likeness (QED) is 0.402. The van der Waals surface area contributed by atoms with E-state index in [-0.39, 0.29) is 47.2 Å². The van der Waals surface area contributed by atoms with Crippen molar-refractivity contribution < 1.29 is 67.0 Å². The van der Waals surface area contributed by atoms with Crippen LogP contribution in [0.15, 0.2) is 0 Å². The van der Waals surface area contributed by atoms with Crippen LogP contribution in [0.1, 0.15) is 0 Å². The monoisotopic (exact) mass is 246 g/mol. The van der Waals surface area contributed by atoms with Gasteiger partial charge < -0.3 is 25.3 Å². The van der Waals surface area contributed by atoms with Crippen molar-refractivity contribution in [3.63, 3.8) is 0 Å². The molecule has 0 aromatic heterocycles. The molecule has 0 aromatic rings. The van der Waals surface area contributed by atoms with Crippen molar-refractivity contribution in [3.05, 3.63) is 0 Å². The molecule has 5 nitrogen and oxygen atoms in total. The van der Waals surface area contributed by atoms with Crippen LogP contribution in [-0.2, 0) is 9.59 Å². The molecule has 2 N–H and O–H groups in total. The molecule has 0 spiro atoms. The molecule has 0 saturated heterocycles. The fourth-order valence-corrected chi connectivity index (χ4v) is 0. The normalized spacial score (nSPS) is 5.50. The third-order valence-corrected chi connectivity index (χ3v) is 0.167. The van der Waals surface area contributed by atoms with Gasteiger partial charge in [-0.1, -0.05) is 0 Å². The van der Waals surface area contributed by atoms with E-state index in [0.717, 1.165) is 0 Å². The van der Waals surface area contributed by atoms with E-state index in [1.807, 2.05) is 0 Å². The Balaban J connectivity index is -0.000000125. The van der Waals surface area contributed by atoms with E-state index < -0.39 is 11.9 Å². The molecule has 0 aliphatic heterocycles. The van der Waals surface area contributed by atoms with Gasteiger partial charge in [0.15, 0.2) is 0 Å². The first-order valence-corrected chi connectivity index (χ1v) is 1.07. The number of carbonyl (C=O) groups is 2. The Morgan fingerprint density at radius 3 is 1.12 bits per heavy atom. The van der Waals surface area contributed by atoms with Crippen LogP contribution < -0.4 is 10.2 Å². The number of carboxylic acid groups (broad SMARTS) is 2. The second-order valence-electron chi connectivity index (χ2n) is 0.575. The van der Waals surface area contributed by atoms with E-state index in [1.165, 1.54) is 0 Å². The van der Waals surface area contributed by atoms with Gasteiger partial charge in [0.25, 0.3) is 0 Å². The summed E-state index contributed by atoms with van der Waals surface area (Å²) in [6, 6.07) is 0. The standard InChI is InChI=1S/C2H2O4.Ce.H2O/c3-1(4)2(5)6;;/h(H,3,4)(H,5,6);;1H2/q;+3;/p-2. The largest absolute Gasteiger partial charge is 3.00 e. The average Bonchev–Trinajstić information content (AvgIpc) is 1.36. The first-order chi connectivity index (χ1) is 2.64. The summed E-state index contributed by atoms with van der Waals surface area (Å²) in [4.78, 5) is 17.9. The van der Waals surface area contributed by atoms with Crippen LogP contribution in [0.3, 0.4) is 0 Å². The molecule has 8 heavy (non-hydrogen) atoms. The molecule has 0 atom stereocenters. The second-order valence-corrected chi connectivity index (χ2v) is 0.575. The van der Waals surface area contributed by atoms with Gasteiger partial charge in [-0.3, -0.25) is 0 Å². The number of carbonyl (C=O) groups excluding carboxylic acids is 2. The number of carboxylic acids is 2. The zero-order chi connectivity index (χ0) is 5.15. The van der Waals surface area contributed by atoms with Crippen LogP contribution >= 0.6 is 0 Å². The molecule has 0 aliphatic carbocycles. The molecular formula is C2H2CeO5+. The first-order valence-electron chi connectivity index (χ1n) is 1.07. The van der Waals surface area contributed by atoms with Crippen LogP contribution in [0.25, 0.3) is 0 Å². The predicted molar refractivity (Wildman–Crippen MR) is 13.6 cm³/mol. The number of rotatable bonds is 0. The van der Waals surface area contributed by atoms with Crippen LogP contribution in [-0.4, -0.2) is 17.4 Å². The number of aliphatic carboxylic acids is 2. The zero-order valence-corrected chi connectivity index (χ0v) is 6.77. The van der Waals surface area contributed by atoms with Gasteiger partial charge in [0.05, 0.1) is 11.9 Å². The van der Waals surface area contributed by atoms with Gasteiger partial charge >= 0.3 is 41.7 Å². The van der Waals surface area contributed by atoms with E-state index in [1.54, 1.807) is 0 Å². The molecule has 0 aromatic carbocycles. The van der Waals surface area contributed by atoms with Crippen molar-refractivity contribution in [3.8, 4) is 0 Å². The van der Waals surface area contributed by atoms with E-state index in [4.69, 9.17) is 19.8 Å². The topological polar surface area (TPSA) is 112 Å². The molecular weight excluding hydrogens is 244 g/mol. The fraction of sp³-hybridized carbons (Fsp3) is 0. The van der Waals surface area contributed by atoms with Crippen molar-refractivity contribution in [2.24, 2.45) is 0 Å². The zero-order valence-electron chi connectivity index (χ0n) is 3.63. The average molecular weight is 246 g/mol. The maximum absolute atomic E-state index is 8.93. The summed E-state index contributed by atoms with van der Waals surface area (Å²) in [5, 5.41) is 17.9. The van der Waals surface area contributed by atoms with Gasteiger partial charge in [-0.05, 0) is 0 Å². The van der Waals surface area contributed by atoms with E-state index in [2.05, 4.69) is 0 Å².